The van der Waals surface area contributed by atoms with Gasteiger partial charge in [0.1, 0.15) is 6.07 Å². The van der Waals surface area contributed by atoms with Crippen LogP contribution < -0.4 is 5.32 Å². The number of halogens is 1. The van der Waals surface area contributed by atoms with E-state index in [9.17, 15) is 9.59 Å². The van der Waals surface area contributed by atoms with Crippen LogP contribution in [0, 0.1) is 11.3 Å². The minimum absolute atomic E-state index is 0.229. The number of amides is 1. The predicted molar refractivity (Wildman–Crippen MR) is 88.4 cm³/mol. The van der Waals surface area contributed by atoms with Gasteiger partial charge in [-0.1, -0.05) is 11.6 Å². The number of rotatable bonds is 6. The Morgan fingerprint density at radius 1 is 1.35 bits per heavy atom. The highest BCUT2D eigenvalue weighted by Crippen LogP contribution is 2.20. The Balaban J connectivity index is 1.75. The summed E-state index contributed by atoms with van der Waals surface area (Å²) in [4.78, 5) is 23.3. The minimum atomic E-state index is -0.463. The summed E-state index contributed by atoms with van der Waals surface area (Å²) >= 11 is 7.44. The third-order valence-corrected chi connectivity index (χ3v) is 3.98. The van der Waals surface area contributed by atoms with E-state index in [1.54, 1.807) is 17.4 Å². The number of hydrogen-bond donors (Lipinski definition) is 1. The van der Waals surface area contributed by atoms with Gasteiger partial charge in [0.15, 0.2) is 6.61 Å². The summed E-state index contributed by atoms with van der Waals surface area (Å²) in [6, 6.07) is 8.40. The van der Waals surface area contributed by atoms with E-state index in [0.717, 1.165) is 5.56 Å². The van der Waals surface area contributed by atoms with Gasteiger partial charge in [-0.25, -0.2) is 0 Å². The van der Waals surface area contributed by atoms with Crippen molar-refractivity contribution in [3.63, 3.8) is 0 Å². The Morgan fingerprint density at radius 2 is 2.17 bits per heavy atom. The van der Waals surface area contributed by atoms with Crippen molar-refractivity contribution in [3.05, 3.63) is 51.2 Å². The van der Waals surface area contributed by atoms with Crippen molar-refractivity contribution >= 4 is 40.5 Å². The highest BCUT2D eigenvalue weighted by atomic mass is 35.5. The number of esters is 1. The zero-order valence-electron chi connectivity index (χ0n) is 12.0. The molecule has 1 amide bonds. The van der Waals surface area contributed by atoms with E-state index in [1.165, 1.54) is 12.1 Å². The van der Waals surface area contributed by atoms with Gasteiger partial charge in [-0.3, -0.25) is 9.59 Å². The molecular weight excluding hydrogens is 336 g/mol. The van der Waals surface area contributed by atoms with Crippen LogP contribution in [0.4, 0.5) is 5.69 Å². The first-order valence-corrected chi connectivity index (χ1v) is 8.07. The number of hydrogen-bond acceptors (Lipinski definition) is 5. The molecule has 1 aromatic carbocycles. The predicted octanol–water partition coefficient (Wildman–Crippen LogP) is 3.39. The first-order valence-electron chi connectivity index (χ1n) is 6.74. The highest BCUT2D eigenvalue weighted by molar-refractivity contribution is 7.07. The van der Waals surface area contributed by atoms with Gasteiger partial charge in [-0.15, -0.1) is 0 Å². The SMILES string of the molecule is N#Cc1ccc(NC(=O)COC(=O)CCc2ccsc2)cc1Cl. The van der Waals surface area contributed by atoms with Crippen molar-refractivity contribution < 1.29 is 14.3 Å². The summed E-state index contributed by atoms with van der Waals surface area (Å²) in [7, 11) is 0. The van der Waals surface area contributed by atoms with Crippen LogP contribution in [0.1, 0.15) is 17.5 Å². The van der Waals surface area contributed by atoms with Gasteiger partial charge in [0.25, 0.3) is 5.91 Å². The standard InChI is InChI=1S/C16H13ClN2O3S/c17-14-7-13(3-2-12(14)8-18)19-15(20)9-22-16(21)4-1-11-5-6-23-10-11/h2-3,5-7,10H,1,4,9H2,(H,19,20). The number of benzene rings is 1. The number of nitriles is 1. The Bertz CT molecular complexity index is 738. The van der Waals surface area contributed by atoms with Crippen molar-refractivity contribution in [2.45, 2.75) is 12.8 Å². The molecule has 23 heavy (non-hydrogen) atoms. The molecule has 0 saturated heterocycles. The molecule has 0 aliphatic rings. The summed E-state index contributed by atoms with van der Waals surface area (Å²) in [5.74, 6) is -0.890. The molecule has 2 aromatic rings. The van der Waals surface area contributed by atoms with Crippen molar-refractivity contribution in [2.24, 2.45) is 0 Å². The third-order valence-electron chi connectivity index (χ3n) is 2.94. The van der Waals surface area contributed by atoms with Crippen LogP contribution in [0.15, 0.2) is 35.0 Å². The maximum absolute atomic E-state index is 11.7. The molecule has 0 fully saturated rings. The molecule has 1 aromatic heterocycles. The van der Waals surface area contributed by atoms with E-state index in [0.29, 0.717) is 17.7 Å². The van der Waals surface area contributed by atoms with Crippen molar-refractivity contribution in [2.75, 3.05) is 11.9 Å². The second kappa shape index (κ2) is 8.32. The molecule has 1 heterocycles. The molecule has 0 saturated carbocycles. The van der Waals surface area contributed by atoms with Crippen molar-refractivity contribution in [1.29, 1.82) is 5.26 Å². The Morgan fingerprint density at radius 3 is 2.83 bits per heavy atom. The number of carbonyl (C=O) groups is 2. The molecule has 2 rings (SSSR count). The first kappa shape index (κ1) is 17.0. The molecule has 0 spiro atoms. The second-order valence-corrected chi connectivity index (χ2v) is 5.83. The van der Waals surface area contributed by atoms with Gasteiger partial charge in [0, 0.05) is 12.1 Å². The molecule has 0 unspecified atom stereocenters. The van der Waals surface area contributed by atoms with E-state index in [2.05, 4.69) is 5.32 Å². The molecular formula is C16H13ClN2O3S. The van der Waals surface area contributed by atoms with Gasteiger partial charge in [-0.2, -0.15) is 16.6 Å². The number of carbonyl (C=O) groups excluding carboxylic acids is 2. The van der Waals surface area contributed by atoms with Gasteiger partial charge >= 0.3 is 5.97 Å². The van der Waals surface area contributed by atoms with E-state index in [4.69, 9.17) is 21.6 Å². The van der Waals surface area contributed by atoms with Crippen LogP contribution in [0.2, 0.25) is 5.02 Å². The number of aryl methyl sites for hydroxylation is 1. The second-order valence-electron chi connectivity index (χ2n) is 4.65. The fourth-order valence-corrected chi connectivity index (χ4v) is 2.71. The Hall–Kier alpha value is -2.36. The van der Waals surface area contributed by atoms with Crippen LogP contribution in [0.3, 0.4) is 0 Å². The fourth-order valence-electron chi connectivity index (χ4n) is 1.78. The van der Waals surface area contributed by atoms with E-state index in [1.807, 2.05) is 22.9 Å². The molecule has 0 atom stereocenters. The van der Waals surface area contributed by atoms with Gasteiger partial charge in [-0.05, 0) is 47.0 Å². The van der Waals surface area contributed by atoms with Crippen molar-refractivity contribution in [3.8, 4) is 6.07 Å². The monoisotopic (exact) mass is 348 g/mol. The summed E-state index contributed by atoms with van der Waals surface area (Å²) in [5, 5.41) is 15.5. The molecule has 0 aliphatic heterocycles. The molecule has 1 N–H and O–H groups in total. The smallest absolute Gasteiger partial charge is 0.306 e. The lowest BCUT2D eigenvalue weighted by atomic mass is 10.2. The topological polar surface area (TPSA) is 79.2 Å². The van der Waals surface area contributed by atoms with Crippen LogP contribution in [-0.4, -0.2) is 18.5 Å². The average Bonchev–Trinajstić information content (AvgIpc) is 3.04. The van der Waals surface area contributed by atoms with Crippen LogP contribution >= 0.6 is 22.9 Å². The number of thiophene rings is 1. The molecule has 118 valence electrons. The fraction of sp³-hybridized carbons (Fsp3) is 0.188. The van der Waals surface area contributed by atoms with E-state index >= 15 is 0 Å². The molecule has 0 bridgehead atoms. The number of anilines is 1. The average molecular weight is 349 g/mol. The Kier molecular flexibility index (Phi) is 6.15. The van der Waals surface area contributed by atoms with E-state index < -0.39 is 11.9 Å². The van der Waals surface area contributed by atoms with Crippen molar-refractivity contribution in [1.82, 2.24) is 0 Å². The lowest BCUT2D eigenvalue weighted by Crippen LogP contribution is -2.21. The maximum atomic E-state index is 11.7. The third kappa shape index (κ3) is 5.40. The number of nitrogens with zero attached hydrogens (tertiary/aromatic N) is 1. The zero-order chi connectivity index (χ0) is 16.7. The molecule has 7 heteroatoms. The summed E-state index contributed by atoms with van der Waals surface area (Å²) in [5.41, 5.74) is 1.83. The quantitative estimate of drug-likeness (QED) is 0.811. The minimum Gasteiger partial charge on any atom is -0.456 e. The molecule has 0 aliphatic carbocycles. The largest absolute Gasteiger partial charge is 0.456 e. The van der Waals surface area contributed by atoms with Crippen LogP contribution in [-0.2, 0) is 20.7 Å². The normalized spacial score (nSPS) is 9.91. The number of ether oxygens (including phenoxy) is 1. The van der Waals surface area contributed by atoms with Gasteiger partial charge < -0.3 is 10.1 Å². The summed E-state index contributed by atoms with van der Waals surface area (Å²) in [6.45, 7) is -0.361. The van der Waals surface area contributed by atoms with Gasteiger partial charge in [0.05, 0.1) is 10.6 Å². The first-order chi connectivity index (χ1) is 11.1. The zero-order valence-corrected chi connectivity index (χ0v) is 13.6. The maximum Gasteiger partial charge on any atom is 0.306 e. The summed E-state index contributed by atoms with van der Waals surface area (Å²) in [6.07, 6.45) is 0.821. The molecule has 5 nitrogen and oxygen atoms in total. The van der Waals surface area contributed by atoms with Crippen LogP contribution in [0.25, 0.3) is 0 Å². The lowest BCUT2D eigenvalue weighted by Gasteiger charge is -2.07. The highest BCUT2D eigenvalue weighted by Gasteiger charge is 2.09. The van der Waals surface area contributed by atoms with Gasteiger partial charge in [0.2, 0.25) is 0 Å². The lowest BCUT2D eigenvalue weighted by molar-refractivity contribution is -0.147. The number of nitrogens with one attached hydrogen (secondary N) is 1. The summed E-state index contributed by atoms with van der Waals surface area (Å²) < 4.78 is 4.92. The Labute approximate surface area is 142 Å². The molecule has 0 radical (unpaired) electrons. The van der Waals surface area contributed by atoms with E-state index in [-0.39, 0.29) is 18.1 Å². The van der Waals surface area contributed by atoms with Crippen LogP contribution in [0.5, 0.6) is 0 Å².